The standard InChI is InChI=1S/C8H5Cl2F2NO/c9-5(3-14)4-1-2-6(10)13-7(4)8(11)12/h1-3,5,8H/t5-/m1/s1. The molecule has 1 heterocycles. The fourth-order valence-corrected chi connectivity index (χ4v) is 1.28. The van der Waals surface area contributed by atoms with Crippen molar-refractivity contribution in [2.24, 2.45) is 0 Å². The van der Waals surface area contributed by atoms with E-state index < -0.39 is 17.5 Å². The molecule has 0 aliphatic rings. The van der Waals surface area contributed by atoms with E-state index in [1.165, 1.54) is 12.1 Å². The summed E-state index contributed by atoms with van der Waals surface area (Å²) in [5.74, 6) is 0. The summed E-state index contributed by atoms with van der Waals surface area (Å²) >= 11 is 10.9. The second kappa shape index (κ2) is 4.66. The molecule has 1 rings (SSSR count). The highest BCUT2D eigenvalue weighted by Crippen LogP contribution is 2.29. The van der Waals surface area contributed by atoms with Gasteiger partial charge in [-0.25, -0.2) is 13.8 Å². The molecule has 1 atom stereocenters. The average molecular weight is 240 g/mol. The summed E-state index contributed by atoms with van der Waals surface area (Å²) in [5, 5.41) is -1.18. The number of carbonyl (C=O) groups is 1. The molecule has 0 saturated carbocycles. The van der Waals surface area contributed by atoms with Crippen molar-refractivity contribution in [3.63, 3.8) is 0 Å². The van der Waals surface area contributed by atoms with Gasteiger partial charge < -0.3 is 4.79 Å². The van der Waals surface area contributed by atoms with Crippen LogP contribution in [0.4, 0.5) is 8.78 Å². The Morgan fingerprint density at radius 1 is 1.43 bits per heavy atom. The number of rotatable bonds is 3. The molecular weight excluding hydrogens is 235 g/mol. The monoisotopic (exact) mass is 239 g/mol. The van der Waals surface area contributed by atoms with Crippen LogP contribution in [0.25, 0.3) is 0 Å². The van der Waals surface area contributed by atoms with Gasteiger partial charge in [0, 0.05) is 5.56 Å². The van der Waals surface area contributed by atoms with Crippen LogP contribution >= 0.6 is 23.2 Å². The van der Waals surface area contributed by atoms with Crippen molar-refractivity contribution in [1.82, 2.24) is 4.98 Å². The van der Waals surface area contributed by atoms with Gasteiger partial charge in [0.1, 0.15) is 22.5 Å². The predicted octanol–water partition coefficient (Wildman–Crippen LogP) is 3.15. The third-order valence-corrected chi connectivity index (χ3v) is 2.10. The highest BCUT2D eigenvalue weighted by molar-refractivity contribution is 6.29. The van der Waals surface area contributed by atoms with E-state index in [9.17, 15) is 13.6 Å². The van der Waals surface area contributed by atoms with Crippen molar-refractivity contribution < 1.29 is 13.6 Å². The maximum Gasteiger partial charge on any atom is 0.280 e. The lowest BCUT2D eigenvalue weighted by molar-refractivity contribution is -0.107. The lowest BCUT2D eigenvalue weighted by atomic mass is 10.1. The maximum atomic E-state index is 12.4. The number of carbonyl (C=O) groups excluding carboxylic acids is 1. The molecule has 0 spiro atoms. The summed E-state index contributed by atoms with van der Waals surface area (Å²) in [6.07, 6.45) is -2.44. The van der Waals surface area contributed by atoms with Crippen LogP contribution in [0.3, 0.4) is 0 Å². The van der Waals surface area contributed by atoms with E-state index in [1.807, 2.05) is 0 Å². The topological polar surface area (TPSA) is 30.0 Å². The lowest BCUT2D eigenvalue weighted by Gasteiger charge is -2.08. The Morgan fingerprint density at radius 2 is 2.07 bits per heavy atom. The van der Waals surface area contributed by atoms with Gasteiger partial charge in [0.05, 0.1) is 0 Å². The molecule has 0 fully saturated rings. The van der Waals surface area contributed by atoms with E-state index >= 15 is 0 Å². The Labute approximate surface area is 88.8 Å². The molecule has 0 aliphatic carbocycles. The van der Waals surface area contributed by atoms with Crippen molar-refractivity contribution in [2.75, 3.05) is 0 Å². The Hall–Kier alpha value is -0.740. The first-order valence-corrected chi connectivity index (χ1v) is 4.41. The van der Waals surface area contributed by atoms with E-state index in [4.69, 9.17) is 23.2 Å². The van der Waals surface area contributed by atoms with Crippen LogP contribution in [0.1, 0.15) is 23.1 Å². The first kappa shape index (κ1) is 11.3. The van der Waals surface area contributed by atoms with Crippen LogP contribution in [0.2, 0.25) is 5.15 Å². The number of hydrogen-bond donors (Lipinski definition) is 0. The van der Waals surface area contributed by atoms with Crippen molar-refractivity contribution in [3.05, 3.63) is 28.5 Å². The average Bonchev–Trinajstić information content (AvgIpc) is 2.16. The van der Waals surface area contributed by atoms with Crippen molar-refractivity contribution >= 4 is 29.5 Å². The normalized spacial score (nSPS) is 12.9. The quantitative estimate of drug-likeness (QED) is 0.461. The SMILES string of the molecule is O=C[C@@H](Cl)c1ccc(Cl)nc1C(F)F. The molecular formula is C8H5Cl2F2NO. The van der Waals surface area contributed by atoms with Gasteiger partial charge in [-0.05, 0) is 6.07 Å². The Balaban J connectivity index is 3.21. The zero-order chi connectivity index (χ0) is 10.7. The van der Waals surface area contributed by atoms with Gasteiger partial charge in [0.2, 0.25) is 0 Å². The summed E-state index contributed by atoms with van der Waals surface area (Å²) in [6.45, 7) is 0. The number of hydrogen-bond acceptors (Lipinski definition) is 2. The van der Waals surface area contributed by atoms with Crippen molar-refractivity contribution in [3.8, 4) is 0 Å². The molecule has 0 N–H and O–H groups in total. The molecule has 0 bridgehead atoms. The van der Waals surface area contributed by atoms with E-state index in [2.05, 4.69) is 4.98 Å². The van der Waals surface area contributed by atoms with Crippen LogP contribution < -0.4 is 0 Å². The Kier molecular flexibility index (Phi) is 3.77. The molecule has 76 valence electrons. The van der Waals surface area contributed by atoms with Gasteiger partial charge in [0.15, 0.2) is 0 Å². The van der Waals surface area contributed by atoms with Gasteiger partial charge >= 0.3 is 0 Å². The van der Waals surface area contributed by atoms with Gasteiger partial charge in [0.25, 0.3) is 6.43 Å². The third kappa shape index (κ3) is 2.39. The summed E-state index contributed by atoms with van der Waals surface area (Å²) in [5.41, 5.74) is -0.564. The second-order valence-corrected chi connectivity index (χ2v) is 3.30. The second-order valence-electron chi connectivity index (χ2n) is 2.45. The summed E-state index contributed by atoms with van der Waals surface area (Å²) in [4.78, 5) is 13.7. The molecule has 0 radical (unpaired) electrons. The molecule has 1 aromatic rings. The van der Waals surface area contributed by atoms with Crippen molar-refractivity contribution in [2.45, 2.75) is 11.8 Å². The minimum Gasteiger partial charge on any atom is -0.301 e. The van der Waals surface area contributed by atoms with Gasteiger partial charge in [-0.3, -0.25) is 0 Å². The predicted molar refractivity (Wildman–Crippen MR) is 48.9 cm³/mol. The van der Waals surface area contributed by atoms with Gasteiger partial charge in [-0.1, -0.05) is 17.7 Å². The van der Waals surface area contributed by atoms with Crippen LogP contribution in [0.5, 0.6) is 0 Å². The maximum absolute atomic E-state index is 12.4. The number of aromatic nitrogens is 1. The largest absolute Gasteiger partial charge is 0.301 e. The molecule has 0 aliphatic heterocycles. The highest BCUT2D eigenvalue weighted by atomic mass is 35.5. The number of nitrogens with zero attached hydrogens (tertiary/aromatic N) is 1. The lowest BCUT2D eigenvalue weighted by Crippen LogP contribution is -2.02. The minimum atomic E-state index is -2.80. The van der Waals surface area contributed by atoms with E-state index in [-0.39, 0.29) is 10.7 Å². The molecule has 0 saturated heterocycles. The molecule has 14 heavy (non-hydrogen) atoms. The molecule has 0 aromatic carbocycles. The van der Waals surface area contributed by atoms with Gasteiger partial charge in [-0.2, -0.15) is 0 Å². The fourth-order valence-electron chi connectivity index (χ4n) is 0.942. The van der Waals surface area contributed by atoms with Crippen LogP contribution in [0, 0.1) is 0 Å². The van der Waals surface area contributed by atoms with E-state index in [0.29, 0.717) is 6.29 Å². The number of aldehydes is 1. The number of halogens is 4. The Bertz CT molecular complexity index is 346. The first-order valence-electron chi connectivity index (χ1n) is 3.60. The summed E-state index contributed by atoms with van der Waals surface area (Å²) in [7, 11) is 0. The first-order chi connectivity index (χ1) is 6.56. The fraction of sp³-hybridized carbons (Fsp3) is 0.250. The minimum absolute atomic E-state index is 0.0129. The van der Waals surface area contributed by atoms with Crippen LogP contribution in [-0.4, -0.2) is 11.3 Å². The summed E-state index contributed by atoms with van der Waals surface area (Å²) < 4.78 is 24.8. The van der Waals surface area contributed by atoms with Crippen LogP contribution in [-0.2, 0) is 4.79 Å². The van der Waals surface area contributed by atoms with E-state index in [1.54, 1.807) is 0 Å². The Morgan fingerprint density at radius 3 is 2.57 bits per heavy atom. The summed E-state index contributed by atoms with van der Waals surface area (Å²) in [6, 6.07) is 2.57. The third-order valence-electron chi connectivity index (χ3n) is 1.55. The molecule has 1 aromatic heterocycles. The molecule has 0 unspecified atom stereocenters. The van der Waals surface area contributed by atoms with E-state index in [0.717, 1.165) is 0 Å². The number of alkyl halides is 3. The smallest absolute Gasteiger partial charge is 0.280 e. The molecule has 2 nitrogen and oxygen atoms in total. The highest BCUT2D eigenvalue weighted by Gasteiger charge is 2.20. The molecule has 0 amide bonds. The molecule has 6 heteroatoms. The zero-order valence-corrected chi connectivity index (χ0v) is 8.27. The van der Waals surface area contributed by atoms with Gasteiger partial charge in [-0.15, -0.1) is 11.6 Å². The van der Waals surface area contributed by atoms with Crippen LogP contribution in [0.15, 0.2) is 12.1 Å². The zero-order valence-electron chi connectivity index (χ0n) is 6.75. The van der Waals surface area contributed by atoms with Crippen molar-refractivity contribution in [1.29, 1.82) is 0 Å². The number of pyridine rings is 1.